The molecule has 0 bridgehead atoms. The predicted octanol–water partition coefficient (Wildman–Crippen LogP) is 3.49. The lowest BCUT2D eigenvalue weighted by Gasteiger charge is -2.31. The van der Waals surface area contributed by atoms with Crippen molar-refractivity contribution in [3.05, 3.63) is 29.8 Å². The van der Waals surface area contributed by atoms with E-state index in [2.05, 4.69) is 41.4 Å². The Morgan fingerprint density at radius 3 is 2.67 bits per heavy atom. The number of benzene rings is 1. The SMILES string of the molecule is CCCCCNc1ccccc1CN1CCC(CO)CC1. The van der Waals surface area contributed by atoms with E-state index in [1.165, 1.54) is 30.5 Å². The number of hydrogen-bond donors (Lipinski definition) is 2. The van der Waals surface area contributed by atoms with Gasteiger partial charge in [0, 0.05) is 25.4 Å². The summed E-state index contributed by atoms with van der Waals surface area (Å²) in [5.74, 6) is 0.517. The van der Waals surface area contributed by atoms with Crippen molar-refractivity contribution in [2.24, 2.45) is 5.92 Å². The van der Waals surface area contributed by atoms with E-state index in [0.717, 1.165) is 39.0 Å². The molecule has 1 heterocycles. The molecule has 0 unspecified atom stereocenters. The molecule has 118 valence electrons. The fourth-order valence-corrected chi connectivity index (χ4v) is 3.00. The minimum absolute atomic E-state index is 0.351. The van der Waals surface area contributed by atoms with Crippen LogP contribution in [0, 0.1) is 5.92 Å². The summed E-state index contributed by atoms with van der Waals surface area (Å²) in [6.07, 6.45) is 6.06. The Morgan fingerprint density at radius 1 is 1.19 bits per heavy atom. The standard InChI is InChI=1S/C18H30N2O/c1-2-3-6-11-19-18-8-5-4-7-17(18)14-20-12-9-16(15-21)10-13-20/h4-5,7-8,16,19,21H,2-3,6,9-15H2,1H3. The number of nitrogens with zero attached hydrogens (tertiary/aromatic N) is 1. The number of para-hydroxylation sites is 1. The molecule has 2 N–H and O–H groups in total. The highest BCUT2D eigenvalue weighted by Crippen LogP contribution is 2.22. The first-order chi connectivity index (χ1) is 10.3. The van der Waals surface area contributed by atoms with E-state index in [1.807, 2.05) is 0 Å². The maximum atomic E-state index is 9.22. The second kappa shape index (κ2) is 9.06. The lowest BCUT2D eigenvalue weighted by Crippen LogP contribution is -2.34. The lowest BCUT2D eigenvalue weighted by molar-refractivity contribution is 0.127. The van der Waals surface area contributed by atoms with Gasteiger partial charge in [-0.1, -0.05) is 38.0 Å². The van der Waals surface area contributed by atoms with Gasteiger partial charge in [-0.3, -0.25) is 4.90 Å². The number of likely N-dealkylation sites (tertiary alicyclic amines) is 1. The van der Waals surface area contributed by atoms with Gasteiger partial charge in [0.2, 0.25) is 0 Å². The van der Waals surface area contributed by atoms with Gasteiger partial charge in [-0.15, -0.1) is 0 Å². The Kier molecular flexibility index (Phi) is 7.04. The number of rotatable bonds is 8. The molecule has 0 spiro atoms. The smallest absolute Gasteiger partial charge is 0.0460 e. The number of piperidine rings is 1. The second-order valence-corrected chi connectivity index (χ2v) is 6.19. The van der Waals surface area contributed by atoms with Crippen LogP contribution in [-0.2, 0) is 6.54 Å². The van der Waals surface area contributed by atoms with Gasteiger partial charge in [-0.05, 0) is 49.9 Å². The third kappa shape index (κ3) is 5.33. The van der Waals surface area contributed by atoms with E-state index >= 15 is 0 Å². The Hall–Kier alpha value is -1.06. The maximum absolute atomic E-state index is 9.22. The predicted molar refractivity (Wildman–Crippen MR) is 89.5 cm³/mol. The summed E-state index contributed by atoms with van der Waals surface area (Å²) in [5.41, 5.74) is 2.69. The summed E-state index contributed by atoms with van der Waals surface area (Å²) in [5, 5.41) is 12.8. The maximum Gasteiger partial charge on any atom is 0.0460 e. The largest absolute Gasteiger partial charge is 0.396 e. The highest BCUT2D eigenvalue weighted by atomic mass is 16.3. The van der Waals surface area contributed by atoms with Crippen molar-refractivity contribution >= 4 is 5.69 Å². The van der Waals surface area contributed by atoms with Crippen LogP contribution in [-0.4, -0.2) is 36.2 Å². The molecule has 3 heteroatoms. The number of nitrogens with one attached hydrogen (secondary N) is 1. The molecule has 0 atom stereocenters. The van der Waals surface area contributed by atoms with E-state index in [-0.39, 0.29) is 0 Å². The number of hydrogen-bond acceptors (Lipinski definition) is 3. The highest BCUT2D eigenvalue weighted by molar-refractivity contribution is 5.51. The van der Waals surface area contributed by atoms with Crippen LogP contribution in [0.1, 0.15) is 44.6 Å². The molecule has 1 aromatic rings. The lowest BCUT2D eigenvalue weighted by atomic mass is 9.97. The Labute approximate surface area is 129 Å². The van der Waals surface area contributed by atoms with Gasteiger partial charge < -0.3 is 10.4 Å². The third-order valence-corrected chi connectivity index (χ3v) is 4.47. The Bertz CT molecular complexity index is 400. The van der Waals surface area contributed by atoms with E-state index in [1.54, 1.807) is 0 Å². The summed E-state index contributed by atoms with van der Waals surface area (Å²) < 4.78 is 0. The molecule has 1 aromatic carbocycles. The highest BCUT2D eigenvalue weighted by Gasteiger charge is 2.19. The molecule has 3 nitrogen and oxygen atoms in total. The van der Waals surface area contributed by atoms with Crippen LogP contribution < -0.4 is 5.32 Å². The van der Waals surface area contributed by atoms with Gasteiger partial charge in [-0.2, -0.15) is 0 Å². The van der Waals surface area contributed by atoms with Gasteiger partial charge in [0.05, 0.1) is 0 Å². The van der Waals surface area contributed by atoms with Gasteiger partial charge in [0.1, 0.15) is 0 Å². The monoisotopic (exact) mass is 290 g/mol. The molecule has 2 rings (SSSR count). The first-order valence-corrected chi connectivity index (χ1v) is 8.48. The molecule has 1 fully saturated rings. The third-order valence-electron chi connectivity index (χ3n) is 4.47. The van der Waals surface area contributed by atoms with Crippen LogP contribution in [0.15, 0.2) is 24.3 Å². The number of anilines is 1. The van der Waals surface area contributed by atoms with Gasteiger partial charge in [-0.25, -0.2) is 0 Å². The summed E-state index contributed by atoms with van der Waals surface area (Å²) in [7, 11) is 0. The molecule has 0 saturated carbocycles. The van der Waals surface area contributed by atoms with E-state index in [9.17, 15) is 5.11 Å². The molecule has 1 saturated heterocycles. The molecule has 21 heavy (non-hydrogen) atoms. The molecule has 0 aromatic heterocycles. The summed E-state index contributed by atoms with van der Waals surface area (Å²) in [6.45, 7) is 6.89. The van der Waals surface area contributed by atoms with Crippen molar-refractivity contribution in [1.29, 1.82) is 0 Å². The molecular formula is C18H30N2O. The Morgan fingerprint density at radius 2 is 1.95 bits per heavy atom. The summed E-state index contributed by atoms with van der Waals surface area (Å²) >= 11 is 0. The fraction of sp³-hybridized carbons (Fsp3) is 0.667. The van der Waals surface area contributed by atoms with Crippen molar-refractivity contribution in [2.75, 3.05) is 31.6 Å². The van der Waals surface area contributed by atoms with Crippen LogP contribution >= 0.6 is 0 Å². The van der Waals surface area contributed by atoms with E-state index < -0.39 is 0 Å². The fourth-order valence-electron chi connectivity index (χ4n) is 3.00. The zero-order chi connectivity index (χ0) is 14.9. The zero-order valence-corrected chi connectivity index (χ0v) is 13.4. The second-order valence-electron chi connectivity index (χ2n) is 6.19. The van der Waals surface area contributed by atoms with Gasteiger partial charge in [0.25, 0.3) is 0 Å². The van der Waals surface area contributed by atoms with E-state index in [0.29, 0.717) is 12.5 Å². The quantitative estimate of drug-likeness (QED) is 0.719. The van der Waals surface area contributed by atoms with Gasteiger partial charge >= 0.3 is 0 Å². The van der Waals surface area contributed by atoms with Crippen LogP contribution in [0.4, 0.5) is 5.69 Å². The van der Waals surface area contributed by atoms with Crippen molar-refractivity contribution in [3.8, 4) is 0 Å². The number of aliphatic hydroxyl groups is 1. The molecule has 0 radical (unpaired) electrons. The molecular weight excluding hydrogens is 260 g/mol. The van der Waals surface area contributed by atoms with Crippen LogP contribution in [0.2, 0.25) is 0 Å². The normalized spacial score (nSPS) is 17.0. The van der Waals surface area contributed by atoms with Crippen LogP contribution in [0.5, 0.6) is 0 Å². The number of aliphatic hydroxyl groups excluding tert-OH is 1. The van der Waals surface area contributed by atoms with Crippen molar-refractivity contribution in [3.63, 3.8) is 0 Å². The van der Waals surface area contributed by atoms with Crippen LogP contribution in [0.25, 0.3) is 0 Å². The topological polar surface area (TPSA) is 35.5 Å². The number of unbranched alkanes of at least 4 members (excludes halogenated alkanes) is 2. The molecule has 0 amide bonds. The minimum Gasteiger partial charge on any atom is -0.396 e. The first kappa shape index (κ1) is 16.3. The summed E-state index contributed by atoms with van der Waals surface area (Å²) in [6, 6.07) is 8.68. The zero-order valence-electron chi connectivity index (χ0n) is 13.4. The first-order valence-electron chi connectivity index (χ1n) is 8.48. The van der Waals surface area contributed by atoms with Crippen molar-refractivity contribution in [1.82, 2.24) is 4.90 Å². The average molecular weight is 290 g/mol. The molecule has 1 aliphatic heterocycles. The molecule has 0 aliphatic carbocycles. The minimum atomic E-state index is 0.351. The van der Waals surface area contributed by atoms with Crippen molar-refractivity contribution < 1.29 is 5.11 Å². The average Bonchev–Trinajstić information content (AvgIpc) is 2.54. The van der Waals surface area contributed by atoms with E-state index in [4.69, 9.17) is 0 Å². The molecule has 1 aliphatic rings. The van der Waals surface area contributed by atoms with Crippen LogP contribution in [0.3, 0.4) is 0 Å². The van der Waals surface area contributed by atoms with Crippen molar-refractivity contribution in [2.45, 2.75) is 45.6 Å². The summed E-state index contributed by atoms with van der Waals surface area (Å²) in [4.78, 5) is 2.51. The Balaban J connectivity index is 1.85. The van der Waals surface area contributed by atoms with Gasteiger partial charge in [0.15, 0.2) is 0 Å².